The molecule has 0 bridgehead atoms. The first-order valence-corrected chi connectivity index (χ1v) is 19.3. The fourth-order valence-electron chi connectivity index (χ4n) is 9.77. The Morgan fingerprint density at radius 2 is 1.30 bits per heavy atom. The van der Waals surface area contributed by atoms with E-state index in [0.29, 0.717) is 0 Å². The Bertz CT molecular complexity index is 1520. The number of rotatable bonds is 4. The molecule has 0 saturated heterocycles. The Morgan fingerprint density at radius 1 is 0.809 bits per heavy atom. The zero-order chi connectivity index (χ0) is 32.7. The first-order valence-electron chi connectivity index (χ1n) is 18.1. The van der Waals surface area contributed by atoms with Crippen molar-refractivity contribution >= 4 is 14.9 Å². The molecule has 5 aliphatic rings. The van der Waals surface area contributed by atoms with Crippen molar-refractivity contribution in [2.24, 2.45) is 39.9 Å². The molecule has 3 heteroatoms. The zero-order valence-electron chi connectivity index (χ0n) is 31.0. The molecule has 2 aromatic rings. The van der Waals surface area contributed by atoms with E-state index < -0.39 is 0 Å². The van der Waals surface area contributed by atoms with Crippen molar-refractivity contribution in [3.63, 3.8) is 0 Å². The van der Waals surface area contributed by atoms with E-state index in [1.54, 1.807) is 41.3 Å². The third-order valence-corrected chi connectivity index (χ3v) is 16.4. The van der Waals surface area contributed by atoms with Crippen molar-refractivity contribution in [3.05, 3.63) is 93.2 Å². The summed E-state index contributed by atoms with van der Waals surface area (Å²) in [7, 11) is 0. The smallest absolute Gasteiger partial charge is 0.0135 e. The van der Waals surface area contributed by atoms with Crippen LogP contribution in [0.15, 0.2) is 76.9 Å². The van der Waals surface area contributed by atoms with Gasteiger partial charge in [0, 0.05) is 0 Å². The molecule has 3 atom stereocenters. The van der Waals surface area contributed by atoms with Crippen molar-refractivity contribution in [1.82, 2.24) is 0 Å². The largest absolute Gasteiger partial charge is 1.00 e. The van der Waals surface area contributed by atoms with Crippen molar-refractivity contribution in [2.75, 3.05) is 0 Å². The van der Waals surface area contributed by atoms with Crippen molar-refractivity contribution < 1.29 is 49.0 Å². The van der Waals surface area contributed by atoms with Crippen LogP contribution in [0.5, 0.6) is 0 Å². The van der Waals surface area contributed by atoms with Gasteiger partial charge in [-0.05, 0) is 35.1 Å². The Labute approximate surface area is 315 Å². The number of fused-ring (bicyclic) bond motifs is 3. The fourth-order valence-corrected chi connectivity index (χ4v) is 10.9. The van der Waals surface area contributed by atoms with Gasteiger partial charge >= 0.3 is 116 Å². The van der Waals surface area contributed by atoms with E-state index in [2.05, 4.69) is 99.6 Å². The van der Waals surface area contributed by atoms with E-state index in [1.165, 1.54) is 78.5 Å². The summed E-state index contributed by atoms with van der Waals surface area (Å²) in [6, 6.07) is 18.9. The molecule has 0 spiro atoms. The van der Waals surface area contributed by atoms with Gasteiger partial charge in [-0.2, -0.15) is 29.3 Å². The molecule has 7 rings (SSSR count). The summed E-state index contributed by atoms with van der Waals surface area (Å²) in [6.45, 7) is 24.4. The normalized spacial score (nSPS) is 25.2. The van der Waals surface area contributed by atoms with Gasteiger partial charge in [0.05, 0.1) is 0 Å². The van der Waals surface area contributed by atoms with E-state index in [9.17, 15) is 0 Å². The van der Waals surface area contributed by atoms with Crippen molar-refractivity contribution in [2.45, 2.75) is 121 Å². The van der Waals surface area contributed by atoms with E-state index in [0.717, 1.165) is 23.7 Å². The molecule has 0 aromatic heterocycles. The Morgan fingerprint density at radius 3 is 1.77 bits per heavy atom. The predicted octanol–water partition coefficient (Wildman–Crippen LogP) is 4.72. The van der Waals surface area contributed by atoms with Crippen LogP contribution in [0, 0.1) is 45.8 Å². The summed E-state index contributed by atoms with van der Waals surface area (Å²) in [5.41, 5.74) is 8.05. The van der Waals surface area contributed by atoms with Gasteiger partial charge in [-0.3, -0.25) is 0 Å². The second kappa shape index (κ2) is 15.9. The molecule has 0 aliphatic heterocycles. The molecule has 256 valence electrons. The topological polar surface area (TPSA) is 0 Å². The van der Waals surface area contributed by atoms with Crippen LogP contribution in [-0.2, 0) is 24.2 Å². The summed E-state index contributed by atoms with van der Waals surface area (Å²) >= 11 is 1.73. The molecule has 0 heterocycles. The number of hydrogen-bond donors (Lipinski definition) is 0. The first-order chi connectivity index (χ1) is 21.3. The van der Waals surface area contributed by atoms with Crippen LogP contribution in [0.3, 0.4) is 0 Å². The van der Waals surface area contributed by atoms with Gasteiger partial charge in [-0.15, -0.1) is 13.0 Å². The van der Waals surface area contributed by atoms with E-state index >= 15 is 0 Å². The number of halogens is 2. The van der Waals surface area contributed by atoms with Gasteiger partial charge in [0.25, 0.3) is 0 Å². The van der Waals surface area contributed by atoms with Gasteiger partial charge in [0.2, 0.25) is 0 Å². The van der Waals surface area contributed by atoms with Crippen molar-refractivity contribution in [1.29, 1.82) is 0 Å². The molecule has 47 heavy (non-hydrogen) atoms. The van der Waals surface area contributed by atoms with Crippen LogP contribution < -0.4 is 35.3 Å². The minimum absolute atomic E-state index is 0. The molecular formula is C44H60Cl2Zr-2. The van der Waals surface area contributed by atoms with Crippen LogP contribution in [0.25, 0.3) is 11.6 Å². The average molecular weight is 751 g/mol. The third kappa shape index (κ3) is 7.00. The average Bonchev–Trinajstić information content (AvgIpc) is 3.87. The molecule has 0 nitrogen and oxygen atoms in total. The monoisotopic (exact) mass is 748 g/mol. The molecule has 3 unspecified atom stereocenters. The maximum atomic E-state index is 2.52. The van der Waals surface area contributed by atoms with E-state index in [1.807, 2.05) is 33.5 Å². The second-order valence-electron chi connectivity index (χ2n) is 16.2. The minimum atomic E-state index is 0. The molecule has 3 saturated carbocycles. The van der Waals surface area contributed by atoms with Crippen LogP contribution in [0.4, 0.5) is 0 Å². The molecule has 5 aliphatic carbocycles. The Balaban J connectivity index is 0.000000226. The SMILES string of the molecule is CC([C](=[Zr+2])C(C)C1CCCC1)C1CCCC1.CC1=C(C)C2(C)C(=C3C=c4ccccc4=C13)[C-](C)C(C)(C)C2(C)C.[Cl-].[Cl-].c1cc[cH-]c1. The second-order valence-corrected chi connectivity index (χ2v) is 17.6. The summed E-state index contributed by atoms with van der Waals surface area (Å²) in [5, 5.41) is 2.79. The van der Waals surface area contributed by atoms with Crippen molar-refractivity contribution in [3.8, 4) is 0 Å². The van der Waals surface area contributed by atoms with Gasteiger partial charge < -0.3 is 24.8 Å². The van der Waals surface area contributed by atoms with Gasteiger partial charge in [0.15, 0.2) is 0 Å². The summed E-state index contributed by atoms with van der Waals surface area (Å²) < 4.78 is 1.91. The molecule has 0 radical (unpaired) electrons. The number of allylic oxidation sites excluding steroid dienone is 4. The van der Waals surface area contributed by atoms with Gasteiger partial charge in [0.1, 0.15) is 0 Å². The fraction of sp³-hybridized carbons (Fsp3) is 0.568. The van der Waals surface area contributed by atoms with Crippen LogP contribution in [-0.4, -0.2) is 3.21 Å². The van der Waals surface area contributed by atoms with E-state index in [-0.39, 0.29) is 41.1 Å². The molecule has 0 amide bonds. The summed E-state index contributed by atoms with van der Waals surface area (Å²) in [4.78, 5) is 0. The number of hydrogen-bond acceptors (Lipinski definition) is 0. The van der Waals surface area contributed by atoms with Crippen LogP contribution in [0.2, 0.25) is 0 Å². The van der Waals surface area contributed by atoms with Gasteiger partial charge in [-0.25, -0.2) is 18.1 Å². The quantitative estimate of drug-likeness (QED) is 0.398. The molecule has 2 aromatic carbocycles. The molecule has 0 N–H and O–H groups in total. The van der Waals surface area contributed by atoms with Crippen LogP contribution >= 0.6 is 0 Å². The summed E-state index contributed by atoms with van der Waals surface area (Å²) in [5.74, 6) is 5.50. The zero-order valence-corrected chi connectivity index (χ0v) is 35.0. The number of benzene rings is 1. The Kier molecular flexibility index (Phi) is 13.7. The Hall–Kier alpha value is -1.01. The molecule has 3 fully saturated rings. The predicted molar refractivity (Wildman–Crippen MR) is 193 cm³/mol. The first kappa shape index (κ1) is 40.4. The third-order valence-electron chi connectivity index (χ3n) is 14.1. The van der Waals surface area contributed by atoms with Gasteiger partial charge in [-0.1, -0.05) is 81.0 Å². The van der Waals surface area contributed by atoms with Crippen LogP contribution in [0.1, 0.15) is 121 Å². The maximum Gasteiger partial charge on any atom is -0.0135 e. The standard InChI is InChI=1S/C24H29.C15H26.C5H5.2ClH.Zr/c1-14-15(2)24(8)21(16(3)22(4,5)23(24,6)7)19-13-17-11-9-10-12-18(17)20(14)19;1-12(14-7-3-4-8-14)11-13(2)15-9-5-6-10-15;1-2-4-5-3-1;;;/h9-13H,1-8H3;12-15H,3-10H2,1-2H3;1-5H;2*1H;/q-1;;-1;;;+2/p-2. The maximum absolute atomic E-state index is 2.52. The molecular weight excluding hydrogens is 691 g/mol. The summed E-state index contributed by atoms with van der Waals surface area (Å²) in [6.07, 6.45) is 14.5. The van der Waals surface area contributed by atoms with E-state index in [4.69, 9.17) is 0 Å². The minimum Gasteiger partial charge on any atom is -1.00 e.